The maximum atomic E-state index is 11.8. The molecule has 1 aromatic rings. The lowest BCUT2D eigenvalue weighted by Gasteiger charge is -2.07. The Morgan fingerprint density at radius 3 is 2.60 bits per heavy atom. The van der Waals surface area contributed by atoms with Gasteiger partial charge in [-0.25, -0.2) is 0 Å². The van der Waals surface area contributed by atoms with Crippen molar-refractivity contribution < 1.29 is 9.13 Å². The van der Waals surface area contributed by atoms with E-state index in [-0.39, 0.29) is 6.67 Å². The van der Waals surface area contributed by atoms with Gasteiger partial charge in [-0.05, 0) is 37.1 Å². The summed E-state index contributed by atoms with van der Waals surface area (Å²) in [5.41, 5.74) is 1.01. The highest BCUT2D eigenvalue weighted by Gasteiger charge is 1.94. The SMILES string of the molecule is CCCOc1ccc(NCCCF)cc1. The molecule has 1 aromatic carbocycles. The molecular weight excluding hydrogens is 193 g/mol. The highest BCUT2D eigenvalue weighted by atomic mass is 19.1. The molecule has 2 nitrogen and oxygen atoms in total. The zero-order valence-corrected chi connectivity index (χ0v) is 9.13. The average Bonchev–Trinajstić information content (AvgIpc) is 2.28. The molecule has 0 aliphatic heterocycles. The Labute approximate surface area is 90.4 Å². The van der Waals surface area contributed by atoms with Crippen LogP contribution in [0.5, 0.6) is 5.75 Å². The fraction of sp³-hybridized carbons (Fsp3) is 0.500. The molecule has 0 aromatic heterocycles. The quantitative estimate of drug-likeness (QED) is 0.699. The summed E-state index contributed by atoms with van der Waals surface area (Å²) in [6.45, 7) is 3.22. The van der Waals surface area contributed by atoms with Crippen LogP contribution in [0, 0.1) is 0 Å². The van der Waals surface area contributed by atoms with Gasteiger partial charge in [0.2, 0.25) is 0 Å². The molecule has 0 amide bonds. The molecule has 0 radical (unpaired) electrons. The lowest BCUT2D eigenvalue weighted by atomic mass is 10.3. The number of alkyl halides is 1. The number of benzene rings is 1. The van der Waals surface area contributed by atoms with Crippen LogP contribution in [0.25, 0.3) is 0 Å². The normalized spacial score (nSPS) is 10.0. The first-order valence-electron chi connectivity index (χ1n) is 5.39. The van der Waals surface area contributed by atoms with E-state index in [1.165, 1.54) is 0 Å². The second-order valence-electron chi connectivity index (χ2n) is 3.34. The fourth-order valence-electron chi connectivity index (χ4n) is 1.19. The Balaban J connectivity index is 2.35. The maximum absolute atomic E-state index is 11.8. The molecule has 0 fully saturated rings. The van der Waals surface area contributed by atoms with Gasteiger partial charge in [0, 0.05) is 12.2 Å². The van der Waals surface area contributed by atoms with Gasteiger partial charge in [0.05, 0.1) is 13.3 Å². The van der Waals surface area contributed by atoms with E-state index in [2.05, 4.69) is 12.2 Å². The van der Waals surface area contributed by atoms with Crippen molar-refractivity contribution in [3.63, 3.8) is 0 Å². The van der Waals surface area contributed by atoms with Crippen molar-refractivity contribution in [2.24, 2.45) is 0 Å². The van der Waals surface area contributed by atoms with Crippen molar-refractivity contribution in [3.8, 4) is 5.75 Å². The lowest BCUT2D eigenvalue weighted by molar-refractivity contribution is 0.317. The molecule has 3 heteroatoms. The Bertz CT molecular complexity index is 261. The van der Waals surface area contributed by atoms with Crippen molar-refractivity contribution in [1.82, 2.24) is 0 Å². The highest BCUT2D eigenvalue weighted by molar-refractivity contribution is 5.46. The van der Waals surface area contributed by atoms with E-state index in [1.807, 2.05) is 24.3 Å². The maximum Gasteiger partial charge on any atom is 0.119 e. The summed E-state index contributed by atoms with van der Waals surface area (Å²) >= 11 is 0. The van der Waals surface area contributed by atoms with Crippen LogP contribution in [0.4, 0.5) is 10.1 Å². The zero-order valence-electron chi connectivity index (χ0n) is 9.13. The van der Waals surface area contributed by atoms with Crippen LogP contribution in [0.2, 0.25) is 0 Å². The van der Waals surface area contributed by atoms with Gasteiger partial charge in [-0.2, -0.15) is 0 Å². The third-order valence-electron chi connectivity index (χ3n) is 1.97. The molecule has 0 atom stereocenters. The Kier molecular flexibility index (Phi) is 5.59. The topological polar surface area (TPSA) is 21.3 Å². The van der Waals surface area contributed by atoms with Crippen LogP contribution in [0.15, 0.2) is 24.3 Å². The summed E-state index contributed by atoms with van der Waals surface area (Å²) in [4.78, 5) is 0. The monoisotopic (exact) mass is 211 g/mol. The van der Waals surface area contributed by atoms with E-state index in [9.17, 15) is 4.39 Å². The first-order valence-corrected chi connectivity index (χ1v) is 5.39. The molecule has 0 aliphatic carbocycles. The van der Waals surface area contributed by atoms with Crippen LogP contribution in [-0.2, 0) is 0 Å². The summed E-state index contributed by atoms with van der Waals surface area (Å²) in [7, 11) is 0. The highest BCUT2D eigenvalue weighted by Crippen LogP contribution is 2.15. The molecule has 1 rings (SSSR count). The third-order valence-corrected chi connectivity index (χ3v) is 1.97. The molecule has 0 saturated heterocycles. The molecule has 0 saturated carbocycles. The van der Waals surface area contributed by atoms with Crippen molar-refractivity contribution in [2.45, 2.75) is 19.8 Å². The third kappa shape index (κ3) is 4.68. The molecule has 84 valence electrons. The Morgan fingerprint density at radius 2 is 2.00 bits per heavy atom. The predicted molar refractivity (Wildman–Crippen MR) is 61.3 cm³/mol. The molecule has 0 spiro atoms. The number of hydrogen-bond donors (Lipinski definition) is 1. The second-order valence-corrected chi connectivity index (χ2v) is 3.34. The molecule has 15 heavy (non-hydrogen) atoms. The number of hydrogen-bond acceptors (Lipinski definition) is 2. The van der Waals surface area contributed by atoms with Crippen LogP contribution in [0.3, 0.4) is 0 Å². The standard InChI is InChI=1S/C12H18FNO/c1-2-10-15-12-6-4-11(5-7-12)14-9-3-8-13/h4-7,14H,2-3,8-10H2,1H3. The average molecular weight is 211 g/mol. The molecular formula is C12H18FNO. The van der Waals surface area contributed by atoms with Crippen molar-refractivity contribution in [2.75, 3.05) is 25.1 Å². The van der Waals surface area contributed by atoms with E-state index >= 15 is 0 Å². The van der Waals surface area contributed by atoms with E-state index in [1.54, 1.807) is 0 Å². The van der Waals surface area contributed by atoms with E-state index in [0.29, 0.717) is 13.0 Å². The van der Waals surface area contributed by atoms with E-state index < -0.39 is 0 Å². The van der Waals surface area contributed by atoms with Gasteiger partial charge in [-0.3, -0.25) is 4.39 Å². The van der Waals surface area contributed by atoms with Gasteiger partial charge in [0.1, 0.15) is 5.75 Å². The van der Waals surface area contributed by atoms with E-state index in [0.717, 1.165) is 24.5 Å². The largest absolute Gasteiger partial charge is 0.494 e. The smallest absolute Gasteiger partial charge is 0.119 e. The van der Waals surface area contributed by atoms with Gasteiger partial charge in [-0.1, -0.05) is 6.92 Å². The van der Waals surface area contributed by atoms with Gasteiger partial charge in [0.15, 0.2) is 0 Å². The molecule has 0 bridgehead atoms. The Hall–Kier alpha value is -1.25. The number of rotatable bonds is 7. The summed E-state index contributed by atoms with van der Waals surface area (Å²) in [6.07, 6.45) is 1.56. The summed E-state index contributed by atoms with van der Waals surface area (Å²) < 4.78 is 17.3. The number of ether oxygens (including phenoxy) is 1. The van der Waals surface area contributed by atoms with Gasteiger partial charge >= 0.3 is 0 Å². The lowest BCUT2D eigenvalue weighted by Crippen LogP contribution is -2.02. The van der Waals surface area contributed by atoms with Gasteiger partial charge in [0.25, 0.3) is 0 Å². The predicted octanol–water partition coefficient (Wildman–Crippen LogP) is 3.25. The summed E-state index contributed by atoms with van der Waals surface area (Å²) in [5.74, 6) is 0.882. The number of anilines is 1. The van der Waals surface area contributed by atoms with Gasteiger partial charge in [-0.15, -0.1) is 0 Å². The zero-order chi connectivity index (χ0) is 10.9. The fourth-order valence-corrected chi connectivity index (χ4v) is 1.19. The molecule has 0 heterocycles. The molecule has 1 N–H and O–H groups in total. The van der Waals surface area contributed by atoms with Crippen molar-refractivity contribution in [3.05, 3.63) is 24.3 Å². The Morgan fingerprint density at radius 1 is 1.27 bits per heavy atom. The van der Waals surface area contributed by atoms with Crippen molar-refractivity contribution >= 4 is 5.69 Å². The minimum atomic E-state index is -0.273. The number of halogens is 1. The van der Waals surface area contributed by atoms with Crippen molar-refractivity contribution in [1.29, 1.82) is 0 Å². The van der Waals surface area contributed by atoms with Crippen LogP contribution >= 0.6 is 0 Å². The van der Waals surface area contributed by atoms with E-state index in [4.69, 9.17) is 4.74 Å². The second kappa shape index (κ2) is 7.10. The first-order chi connectivity index (χ1) is 7.36. The summed E-state index contributed by atoms with van der Waals surface area (Å²) in [5, 5.41) is 3.13. The van der Waals surface area contributed by atoms with Crippen LogP contribution < -0.4 is 10.1 Å². The van der Waals surface area contributed by atoms with Gasteiger partial charge < -0.3 is 10.1 Å². The number of nitrogens with one attached hydrogen (secondary N) is 1. The van der Waals surface area contributed by atoms with Crippen LogP contribution in [0.1, 0.15) is 19.8 Å². The molecule has 0 unspecified atom stereocenters. The summed E-state index contributed by atoms with van der Waals surface area (Å²) in [6, 6.07) is 7.74. The minimum Gasteiger partial charge on any atom is -0.494 e. The first kappa shape index (κ1) is 11.8. The molecule has 0 aliphatic rings. The minimum absolute atomic E-state index is 0.273. The van der Waals surface area contributed by atoms with Crippen LogP contribution in [-0.4, -0.2) is 19.8 Å².